The number of fused-ring (bicyclic) bond motifs is 1. The van der Waals surface area contributed by atoms with Crippen molar-refractivity contribution in [2.75, 3.05) is 11.9 Å². The summed E-state index contributed by atoms with van der Waals surface area (Å²) in [5, 5.41) is 3.30. The predicted molar refractivity (Wildman–Crippen MR) is 139 cm³/mol. The molecule has 1 amide bonds. The van der Waals surface area contributed by atoms with Crippen LogP contribution < -0.4 is 10.9 Å². The van der Waals surface area contributed by atoms with Gasteiger partial charge >= 0.3 is 0 Å². The summed E-state index contributed by atoms with van der Waals surface area (Å²) in [6, 6.07) is 13.3. The third-order valence-corrected chi connectivity index (χ3v) is 6.86. The number of hydrogen-bond acceptors (Lipinski definition) is 6. The Kier molecular flexibility index (Phi) is 6.67. The van der Waals surface area contributed by atoms with Crippen LogP contribution in [0.4, 0.5) is 5.82 Å². The first kappa shape index (κ1) is 23.2. The molecule has 6 nitrogen and oxygen atoms in total. The minimum Gasteiger partial charge on any atom is -0.369 e. The molecule has 0 spiro atoms. The zero-order valence-electron chi connectivity index (χ0n) is 19.0. The van der Waals surface area contributed by atoms with Gasteiger partial charge in [-0.3, -0.25) is 18.9 Å². The smallest absolute Gasteiger partial charge is 0.267 e. The Balaban J connectivity index is 1.78. The van der Waals surface area contributed by atoms with Crippen LogP contribution in [0.2, 0.25) is 0 Å². The lowest BCUT2D eigenvalue weighted by atomic mass is 10.1. The Hall–Kier alpha value is -2.97. The van der Waals surface area contributed by atoms with Crippen LogP contribution in [0.15, 0.2) is 58.4 Å². The summed E-state index contributed by atoms with van der Waals surface area (Å²) in [5.41, 5.74) is 2.62. The summed E-state index contributed by atoms with van der Waals surface area (Å²) >= 11 is 6.76. The van der Waals surface area contributed by atoms with E-state index in [-0.39, 0.29) is 17.5 Å². The monoisotopic (exact) mass is 478 g/mol. The number of benzene rings is 1. The predicted octanol–water partition coefficient (Wildman–Crippen LogP) is 5.03. The summed E-state index contributed by atoms with van der Waals surface area (Å²) < 4.78 is 2.00. The van der Waals surface area contributed by atoms with Crippen LogP contribution in [-0.4, -0.2) is 31.1 Å². The summed E-state index contributed by atoms with van der Waals surface area (Å²) in [4.78, 5) is 33.5. The van der Waals surface area contributed by atoms with Crippen LogP contribution in [0.1, 0.15) is 43.5 Å². The first-order valence-corrected chi connectivity index (χ1v) is 12.1. The Morgan fingerprint density at radius 2 is 1.85 bits per heavy atom. The van der Waals surface area contributed by atoms with Gasteiger partial charge in [-0.2, -0.15) is 0 Å². The van der Waals surface area contributed by atoms with Gasteiger partial charge in [0.25, 0.3) is 11.5 Å². The molecule has 0 aliphatic carbocycles. The standard InChI is InChI=1S/C25H26N4O2S2/c1-15(2)14-26-21-19(23(30)28-12-8-9-16(3)22(28)27-21)13-20-24(31)29(25(32)33-20)17(4)18-10-6-5-7-11-18/h5-13,15,17,26H,14H2,1-4H3/b20-13+. The molecule has 8 heteroatoms. The van der Waals surface area contributed by atoms with Crippen molar-refractivity contribution in [1.29, 1.82) is 0 Å². The minimum absolute atomic E-state index is 0.204. The molecule has 1 atom stereocenters. The van der Waals surface area contributed by atoms with Crippen molar-refractivity contribution < 1.29 is 4.79 Å². The normalized spacial score (nSPS) is 16.3. The van der Waals surface area contributed by atoms with Crippen molar-refractivity contribution in [3.63, 3.8) is 0 Å². The van der Waals surface area contributed by atoms with Crippen molar-refractivity contribution >= 4 is 51.7 Å². The lowest BCUT2D eigenvalue weighted by Gasteiger charge is -2.23. The minimum atomic E-state index is -0.226. The van der Waals surface area contributed by atoms with E-state index in [0.717, 1.165) is 11.1 Å². The molecule has 170 valence electrons. The van der Waals surface area contributed by atoms with E-state index in [2.05, 4.69) is 19.2 Å². The molecule has 1 fully saturated rings. The third-order valence-electron chi connectivity index (χ3n) is 5.53. The topological polar surface area (TPSA) is 66.7 Å². The Bertz CT molecular complexity index is 1320. The van der Waals surface area contributed by atoms with E-state index in [1.807, 2.05) is 56.3 Å². The quantitative estimate of drug-likeness (QED) is 0.396. The summed E-state index contributed by atoms with van der Waals surface area (Å²) in [6.45, 7) is 8.70. The van der Waals surface area contributed by atoms with Crippen LogP contribution >= 0.6 is 24.0 Å². The lowest BCUT2D eigenvalue weighted by Crippen LogP contribution is -2.31. The van der Waals surface area contributed by atoms with Gasteiger partial charge in [0.1, 0.15) is 15.8 Å². The van der Waals surface area contributed by atoms with Crippen molar-refractivity contribution in [2.24, 2.45) is 5.92 Å². The van der Waals surface area contributed by atoms with Crippen molar-refractivity contribution in [1.82, 2.24) is 14.3 Å². The second-order valence-electron chi connectivity index (χ2n) is 8.48. The molecule has 1 saturated heterocycles. The van der Waals surface area contributed by atoms with Crippen molar-refractivity contribution in [3.8, 4) is 0 Å². The SMILES string of the molecule is Cc1cccn2c(=O)c(/C=C3/SC(=S)N(C(C)c4ccccc4)C3=O)c(NCC(C)C)nc12. The van der Waals surface area contributed by atoms with E-state index in [0.29, 0.717) is 38.7 Å². The zero-order chi connectivity index (χ0) is 23.7. The number of pyridine rings is 1. The van der Waals surface area contributed by atoms with Gasteiger partial charge < -0.3 is 5.32 Å². The first-order chi connectivity index (χ1) is 15.8. The van der Waals surface area contributed by atoms with Crippen LogP contribution in [0.3, 0.4) is 0 Å². The summed E-state index contributed by atoms with van der Waals surface area (Å²) in [5.74, 6) is 0.634. The molecule has 33 heavy (non-hydrogen) atoms. The Morgan fingerprint density at radius 1 is 1.12 bits per heavy atom. The van der Waals surface area contributed by atoms with Crippen LogP contribution in [0.25, 0.3) is 11.7 Å². The lowest BCUT2D eigenvalue weighted by molar-refractivity contribution is -0.123. The number of hydrogen-bond donors (Lipinski definition) is 1. The van der Waals surface area contributed by atoms with Crippen LogP contribution in [0.5, 0.6) is 0 Å². The second-order valence-corrected chi connectivity index (χ2v) is 10.2. The van der Waals surface area contributed by atoms with Gasteiger partial charge in [-0.1, -0.05) is 74.2 Å². The maximum atomic E-state index is 13.4. The van der Waals surface area contributed by atoms with Gasteiger partial charge in [-0.25, -0.2) is 4.98 Å². The molecule has 3 aromatic rings. The van der Waals surface area contributed by atoms with Gasteiger partial charge in [0.15, 0.2) is 0 Å². The van der Waals surface area contributed by atoms with Crippen LogP contribution in [0, 0.1) is 12.8 Å². The largest absolute Gasteiger partial charge is 0.369 e. The maximum Gasteiger partial charge on any atom is 0.267 e. The van der Waals surface area contributed by atoms with E-state index in [1.165, 1.54) is 16.2 Å². The third kappa shape index (κ3) is 4.58. The van der Waals surface area contributed by atoms with E-state index >= 15 is 0 Å². The molecule has 2 aromatic heterocycles. The molecule has 0 radical (unpaired) electrons. The van der Waals surface area contributed by atoms with E-state index < -0.39 is 0 Å². The summed E-state index contributed by atoms with van der Waals surface area (Å²) in [6.07, 6.45) is 3.33. The van der Waals surface area contributed by atoms with Crippen molar-refractivity contribution in [2.45, 2.75) is 33.7 Å². The average molecular weight is 479 g/mol. The van der Waals surface area contributed by atoms with Gasteiger partial charge in [-0.15, -0.1) is 0 Å². The molecule has 0 saturated carbocycles. The fourth-order valence-electron chi connectivity index (χ4n) is 3.70. The number of thioether (sulfide) groups is 1. The molecule has 1 unspecified atom stereocenters. The van der Waals surface area contributed by atoms with Gasteiger partial charge in [0.2, 0.25) is 0 Å². The Morgan fingerprint density at radius 3 is 2.55 bits per heavy atom. The number of anilines is 1. The number of amides is 1. The van der Waals surface area contributed by atoms with Crippen molar-refractivity contribution in [3.05, 3.63) is 80.6 Å². The van der Waals surface area contributed by atoms with E-state index in [1.54, 1.807) is 17.2 Å². The van der Waals surface area contributed by atoms with E-state index in [9.17, 15) is 9.59 Å². The molecular weight excluding hydrogens is 452 g/mol. The van der Waals surface area contributed by atoms with Gasteiger partial charge in [0, 0.05) is 12.7 Å². The number of carbonyl (C=O) groups is 1. The van der Waals surface area contributed by atoms with Gasteiger partial charge in [0.05, 0.1) is 16.5 Å². The maximum absolute atomic E-state index is 13.4. The fraction of sp³-hybridized carbons (Fsp3) is 0.280. The molecule has 1 aliphatic rings. The van der Waals surface area contributed by atoms with E-state index in [4.69, 9.17) is 17.2 Å². The Labute approximate surface area is 202 Å². The number of nitrogens with zero attached hydrogens (tertiary/aromatic N) is 3. The highest BCUT2D eigenvalue weighted by Crippen LogP contribution is 2.38. The molecule has 0 bridgehead atoms. The first-order valence-electron chi connectivity index (χ1n) is 10.9. The molecule has 1 N–H and O–H groups in total. The number of nitrogens with one attached hydrogen (secondary N) is 1. The molecular formula is C25H26N4O2S2. The number of aromatic nitrogens is 2. The summed E-state index contributed by atoms with van der Waals surface area (Å²) in [7, 11) is 0. The highest BCUT2D eigenvalue weighted by molar-refractivity contribution is 8.26. The van der Waals surface area contributed by atoms with Gasteiger partial charge in [-0.05, 0) is 43.0 Å². The molecule has 1 aliphatic heterocycles. The number of rotatable bonds is 6. The molecule has 3 heterocycles. The fourth-order valence-corrected chi connectivity index (χ4v) is 5.10. The number of carbonyl (C=O) groups excluding carboxylic acids is 1. The second kappa shape index (κ2) is 9.49. The zero-order valence-corrected chi connectivity index (χ0v) is 20.7. The number of aryl methyl sites for hydroxylation is 1. The average Bonchev–Trinajstić information content (AvgIpc) is 3.07. The van der Waals surface area contributed by atoms with Crippen LogP contribution in [-0.2, 0) is 4.79 Å². The highest BCUT2D eigenvalue weighted by Gasteiger charge is 2.36. The molecule has 1 aromatic carbocycles. The highest BCUT2D eigenvalue weighted by atomic mass is 32.2. The molecule has 4 rings (SSSR count). The number of thiocarbonyl (C=S) groups is 1.